The highest BCUT2D eigenvalue weighted by Gasteiger charge is 2.13. The Kier molecular flexibility index (Phi) is 2.24. The molecule has 3 rings (SSSR count). The molecular formula is C12H15N5. The van der Waals surface area contributed by atoms with E-state index in [9.17, 15) is 0 Å². The Balaban J connectivity index is 2.11. The van der Waals surface area contributed by atoms with E-state index in [0.29, 0.717) is 5.82 Å². The average Bonchev–Trinajstić information content (AvgIpc) is 2.82. The monoisotopic (exact) mass is 229 g/mol. The molecule has 1 fully saturated rings. The Morgan fingerprint density at radius 1 is 1.06 bits per heavy atom. The Morgan fingerprint density at radius 3 is 2.59 bits per heavy atom. The number of hydrogen-bond acceptors (Lipinski definition) is 5. The lowest BCUT2D eigenvalue weighted by atomic mass is 10.2. The van der Waals surface area contributed by atoms with Gasteiger partial charge in [0.15, 0.2) is 0 Å². The lowest BCUT2D eigenvalue weighted by Gasteiger charge is -2.18. The number of benzene rings is 1. The smallest absolute Gasteiger partial charge is 0.222 e. The highest BCUT2D eigenvalue weighted by Crippen LogP contribution is 2.26. The van der Waals surface area contributed by atoms with Crippen LogP contribution in [0, 0.1) is 0 Å². The number of nitrogens with two attached hydrogens (primary N) is 2. The first kappa shape index (κ1) is 10.1. The van der Waals surface area contributed by atoms with E-state index in [-0.39, 0.29) is 5.95 Å². The van der Waals surface area contributed by atoms with Gasteiger partial charge in [-0.05, 0) is 31.0 Å². The molecule has 0 unspecified atom stereocenters. The van der Waals surface area contributed by atoms with Crippen molar-refractivity contribution in [1.29, 1.82) is 0 Å². The zero-order valence-electron chi connectivity index (χ0n) is 9.56. The first-order valence-corrected chi connectivity index (χ1v) is 5.82. The van der Waals surface area contributed by atoms with Crippen LogP contribution in [-0.4, -0.2) is 23.1 Å². The molecule has 5 heteroatoms. The van der Waals surface area contributed by atoms with Gasteiger partial charge in [0.1, 0.15) is 5.82 Å². The number of aromatic nitrogens is 2. The van der Waals surface area contributed by atoms with E-state index in [1.807, 2.05) is 6.07 Å². The van der Waals surface area contributed by atoms with Crippen LogP contribution in [0.3, 0.4) is 0 Å². The third kappa shape index (κ3) is 1.73. The van der Waals surface area contributed by atoms with Gasteiger partial charge in [-0.3, -0.25) is 0 Å². The molecule has 17 heavy (non-hydrogen) atoms. The second-order valence-electron chi connectivity index (χ2n) is 4.36. The average molecular weight is 229 g/mol. The summed E-state index contributed by atoms with van der Waals surface area (Å²) in [6.45, 7) is 2.22. The lowest BCUT2D eigenvalue weighted by Crippen LogP contribution is -2.17. The first-order chi connectivity index (χ1) is 8.24. The van der Waals surface area contributed by atoms with E-state index in [2.05, 4.69) is 27.0 Å². The molecule has 0 spiro atoms. The SMILES string of the molecule is Nc1nc(N)c2cc(N3CCCC3)ccc2n1. The molecule has 0 aliphatic carbocycles. The third-order valence-electron chi connectivity index (χ3n) is 3.20. The van der Waals surface area contributed by atoms with Crippen LogP contribution < -0.4 is 16.4 Å². The number of hydrogen-bond donors (Lipinski definition) is 2. The minimum absolute atomic E-state index is 0.226. The van der Waals surface area contributed by atoms with Gasteiger partial charge >= 0.3 is 0 Å². The molecule has 5 nitrogen and oxygen atoms in total. The Labute approximate surface area is 99.4 Å². The van der Waals surface area contributed by atoms with Crippen LogP contribution in [0.4, 0.5) is 17.5 Å². The van der Waals surface area contributed by atoms with Gasteiger partial charge in [-0.1, -0.05) is 0 Å². The molecule has 2 aromatic rings. The van der Waals surface area contributed by atoms with Crippen molar-refractivity contribution in [2.75, 3.05) is 29.5 Å². The van der Waals surface area contributed by atoms with Gasteiger partial charge in [0, 0.05) is 24.2 Å². The van der Waals surface area contributed by atoms with Crippen molar-refractivity contribution in [2.24, 2.45) is 0 Å². The molecule has 88 valence electrons. The maximum absolute atomic E-state index is 5.87. The molecule has 1 aliphatic rings. The topological polar surface area (TPSA) is 81.1 Å². The van der Waals surface area contributed by atoms with Gasteiger partial charge in [-0.2, -0.15) is 4.98 Å². The van der Waals surface area contributed by atoms with Crippen molar-refractivity contribution in [3.63, 3.8) is 0 Å². The standard InChI is InChI=1S/C12H15N5/c13-11-9-7-8(17-5-1-2-6-17)3-4-10(9)15-12(14)16-11/h3-4,7H,1-2,5-6H2,(H4,13,14,15,16). The van der Waals surface area contributed by atoms with Gasteiger partial charge in [-0.25, -0.2) is 4.98 Å². The molecule has 1 aromatic carbocycles. The number of fused-ring (bicyclic) bond motifs is 1. The Morgan fingerprint density at radius 2 is 1.82 bits per heavy atom. The van der Waals surface area contributed by atoms with Crippen molar-refractivity contribution in [3.8, 4) is 0 Å². The first-order valence-electron chi connectivity index (χ1n) is 5.82. The molecule has 0 atom stereocenters. The summed E-state index contributed by atoms with van der Waals surface area (Å²) in [5.41, 5.74) is 13.4. The summed E-state index contributed by atoms with van der Waals surface area (Å²) in [5.74, 6) is 0.678. The van der Waals surface area contributed by atoms with Crippen molar-refractivity contribution >= 4 is 28.4 Å². The molecule has 1 aromatic heterocycles. The predicted molar refractivity (Wildman–Crippen MR) is 69.8 cm³/mol. The summed E-state index contributed by atoms with van der Waals surface area (Å²) in [6, 6.07) is 6.08. The van der Waals surface area contributed by atoms with Gasteiger partial charge in [-0.15, -0.1) is 0 Å². The molecular weight excluding hydrogens is 214 g/mol. The number of nitrogens with zero attached hydrogens (tertiary/aromatic N) is 3. The predicted octanol–water partition coefficient (Wildman–Crippen LogP) is 1.39. The zero-order chi connectivity index (χ0) is 11.8. The summed E-state index contributed by atoms with van der Waals surface area (Å²) < 4.78 is 0. The van der Waals surface area contributed by atoms with Crippen LogP contribution in [0.2, 0.25) is 0 Å². The van der Waals surface area contributed by atoms with Gasteiger partial charge in [0.2, 0.25) is 5.95 Å². The number of anilines is 3. The Hall–Kier alpha value is -2.04. The van der Waals surface area contributed by atoms with Crippen LogP contribution in [0.25, 0.3) is 10.9 Å². The van der Waals surface area contributed by atoms with E-state index in [0.717, 1.165) is 24.0 Å². The second kappa shape index (κ2) is 3.76. The maximum Gasteiger partial charge on any atom is 0.222 e. The molecule has 0 radical (unpaired) electrons. The summed E-state index contributed by atoms with van der Waals surface area (Å²) in [6.07, 6.45) is 2.51. The molecule has 0 saturated carbocycles. The minimum Gasteiger partial charge on any atom is -0.383 e. The fourth-order valence-electron chi connectivity index (χ4n) is 2.33. The Bertz CT molecular complexity index is 560. The van der Waals surface area contributed by atoms with E-state index < -0.39 is 0 Å². The fraction of sp³-hybridized carbons (Fsp3) is 0.333. The summed E-state index contributed by atoms with van der Waals surface area (Å²) in [5, 5.41) is 0.878. The highest BCUT2D eigenvalue weighted by molar-refractivity contribution is 5.91. The molecule has 1 saturated heterocycles. The quantitative estimate of drug-likeness (QED) is 0.772. The van der Waals surface area contributed by atoms with Crippen molar-refractivity contribution in [2.45, 2.75) is 12.8 Å². The van der Waals surface area contributed by atoms with Crippen LogP contribution in [0.15, 0.2) is 18.2 Å². The largest absolute Gasteiger partial charge is 0.383 e. The van der Waals surface area contributed by atoms with E-state index in [1.54, 1.807) is 0 Å². The molecule has 0 amide bonds. The maximum atomic E-state index is 5.87. The van der Waals surface area contributed by atoms with Crippen LogP contribution in [0.1, 0.15) is 12.8 Å². The van der Waals surface area contributed by atoms with Gasteiger partial charge in [0.25, 0.3) is 0 Å². The van der Waals surface area contributed by atoms with Crippen molar-refractivity contribution < 1.29 is 0 Å². The summed E-state index contributed by atoms with van der Waals surface area (Å²) >= 11 is 0. The molecule has 1 aliphatic heterocycles. The third-order valence-corrected chi connectivity index (χ3v) is 3.20. The molecule has 2 heterocycles. The minimum atomic E-state index is 0.226. The van der Waals surface area contributed by atoms with E-state index in [4.69, 9.17) is 11.5 Å². The summed E-state index contributed by atoms with van der Waals surface area (Å²) in [4.78, 5) is 10.5. The van der Waals surface area contributed by atoms with Gasteiger partial charge in [0.05, 0.1) is 5.52 Å². The number of nitrogen functional groups attached to an aromatic ring is 2. The van der Waals surface area contributed by atoms with Crippen molar-refractivity contribution in [1.82, 2.24) is 9.97 Å². The van der Waals surface area contributed by atoms with Crippen LogP contribution in [-0.2, 0) is 0 Å². The highest BCUT2D eigenvalue weighted by atomic mass is 15.1. The summed E-state index contributed by atoms with van der Waals surface area (Å²) in [7, 11) is 0. The van der Waals surface area contributed by atoms with Crippen LogP contribution in [0.5, 0.6) is 0 Å². The van der Waals surface area contributed by atoms with Crippen molar-refractivity contribution in [3.05, 3.63) is 18.2 Å². The molecule has 4 N–H and O–H groups in total. The fourth-order valence-corrected chi connectivity index (χ4v) is 2.33. The number of rotatable bonds is 1. The van der Waals surface area contributed by atoms with E-state index in [1.165, 1.54) is 18.5 Å². The normalized spacial score (nSPS) is 15.6. The van der Waals surface area contributed by atoms with E-state index >= 15 is 0 Å². The van der Waals surface area contributed by atoms with Crippen LogP contribution >= 0.6 is 0 Å². The molecule has 0 bridgehead atoms. The lowest BCUT2D eigenvalue weighted by molar-refractivity contribution is 0.949. The zero-order valence-corrected chi connectivity index (χ0v) is 9.56. The van der Waals surface area contributed by atoms with Gasteiger partial charge < -0.3 is 16.4 Å². The second-order valence-corrected chi connectivity index (χ2v) is 4.36.